The van der Waals surface area contributed by atoms with E-state index in [0.29, 0.717) is 5.02 Å². The van der Waals surface area contributed by atoms with Gasteiger partial charge in [-0.1, -0.05) is 17.7 Å². The van der Waals surface area contributed by atoms with Crippen LogP contribution in [0, 0.1) is 0 Å². The molecule has 2 aromatic heterocycles. The SMILES string of the molecule is COc1ccc(CN2CCn3c(-c4nc5ccc(Cl)cc5s4)nnc3[C@H]2C)c(OC)c1. The molecule has 0 radical (unpaired) electrons. The van der Waals surface area contributed by atoms with Crippen LogP contribution in [0.25, 0.3) is 21.0 Å². The predicted molar refractivity (Wildman–Crippen MR) is 122 cm³/mol. The van der Waals surface area contributed by atoms with E-state index in [1.54, 1.807) is 25.6 Å². The van der Waals surface area contributed by atoms with Crippen molar-refractivity contribution in [1.29, 1.82) is 0 Å². The molecule has 1 aliphatic heterocycles. The van der Waals surface area contributed by atoms with Crippen LogP contribution >= 0.6 is 22.9 Å². The van der Waals surface area contributed by atoms with E-state index in [1.807, 2.05) is 30.3 Å². The maximum atomic E-state index is 6.13. The first-order chi connectivity index (χ1) is 15.1. The molecule has 0 saturated carbocycles. The Hall–Kier alpha value is -2.68. The largest absolute Gasteiger partial charge is 0.497 e. The van der Waals surface area contributed by atoms with Gasteiger partial charge in [0.2, 0.25) is 0 Å². The number of fused-ring (bicyclic) bond motifs is 2. The molecule has 9 heteroatoms. The Morgan fingerprint density at radius 3 is 2.77 bits per heavy atom. The van der Waals surface area contributed by atoms with Crippen LogP contribution < -0.4 is 9.47 Å². The molecule has 0 unspecified atom stereocenters. The molecule has 2 aromatic carbocycles. The van der Waals surface area contributed by atoms with E-state index >= 15 is 0 Å². The number of methoxy groups -OCH3 is 2. The maximum absolute atomic E-state index is 6.13. The van der Waals surface area contributed by atoms with Gasteiger partial charge in [-0.3, -0.25) is 4.90 Å². The van der Waals surface area contributed by atoms with Crippen molar-refractivity contribution in [2.24, 2.45) is 0 Å². The van der Waals surface area contributed by atoms with Gasteiger partial charge >= 0.3 is 0 Å². The second kappa shape index (κ2) is 8.11. The van der Waals surface area contributed by atoms with Gasteiger partial charge < -0.3 is 14.0 Å². The molecular weight excluding hydrogens is 434 g/mol. The number of rotatable bonds is 5. The Labute approximate surface area is 189 Å². The highest BCUT2D eigenvalue weighted by Crippen LogP contribution is 2.35. The summed E-state index contributed by atoms with van der Waals surface area (Å²) in [7, 11) is 3.34. The molecule has 160 valence electrons. The number of hydrogen-bond donors (Lipinski definition) is 0. The molecule has 0 aliphatic carbocycles. The van der Waals surface area contributed by atoms with E-state index in [0.717, 1.165) is 63.6 Å². The first kappa shape index (κ1) is 20.2. The topological polar surface area (TPSA) is 65.3 Å². The summed E-state index contributed by atoms with van der Waals surface area (Å²) in [5.74, 6) is 3.38. The maximum Gasteiger partial charge on any atom is 0.193 e. The molecule has 7 nitrogen and oxygen atoms in total. The van der Waals surface area contributed by atoms with Gasteiger partial charge in [-0.2, -0.15) is 0 Å². The third-order valence-electron chi connectivity index (χ3n) is 5.72. The molecule has 0 amide bonds. The van der Waals surface area contributed by atoms with Crippen LogP contribution in [0.2, 0.25) is 5.02 Å². The van der Waals surface area contributed by atoms with E-state index in [4.69, 9.17) is 26.1 Å². The molecule has 0 fully saturated rings. The molecular formula is C22H22ClN5O2S. The smallest absolute Gasteiger partial charge is 0.193 e. The average Bonchev–Trinajstić information content (AvgIpc) is 3.39. The Morgan fingerprint density at radius 1 is 1.10 bits per heavy atom. The molecule has 0 spiro atoms. The van der Waals surface area contributed by atoms with Crippen molar-refractivity contribution in [3.63, 3.8) is 0 Å². The summed E-state index contributed by atoms with van der Waals surface area (Å²) in [5.41, 5.74) is 2.05. The van der Waals surface area contributed by atoms with E-state index < -0.39 is 0 Å². The summed E-state index contributed by atoms with van der Waals surface area (Å²) in [6, 6.07) is 11.8. The minimum atomic E-state index is 0.116. The molecule has 0 N–H and O–H groups in total. The van der Waals surface area contributed by atoms with Gasteiger partial charge in [0.05, 0.1) is 30.5 Å². The van der Waals surface area contributed by atoms with Crippen LogP contribution in [-0.2, 0) is 13.1 Å². The molecule has 4 aromatic rings. The number of ether oxygens (including phenoxy) is 2. The fraction of sp³-hybridized carbons (Fsp3) is 0.318. The molecule has 1 atom stereocenters. The zero-order valence-electron chi connectivity index (χ0n) is 17.5. The fourth-order valence-electron chi connectivity index (χ4n) is 4.00. The molecule has 1 aliphatic rings. The zero-order valence-corrected chi connectivity index (χ0v) is 19.1. The summed E-state index contributed by atoms with van der Waals surface area (Å²) < 4.78 is 14.1. The number of thiazole rings is 1. The van der Waals surface area contributed by atoms with E-state index in [9.17, 15) is 0 Å². The Morgan fingerprint density at radius 2 is 1.97 bits per heavy atom. The van der Waals surface area contributed by atoms with E-state index in [2.05, 4.69) is 32.7 Å². The minimum absolute atomic E-state index is 0.116. The van der Waals surface area contributed by atoms with Crippen LogP contribution in [0.3, 0.4) is 0 Å². The van der Waals surface area contributed by atoms with Crippen molar-refractivity contribution in [1.82, 2.24) is 24.6 Å². The van der Waals surface area contributed by atoms with Gasteiger partial charge in [-0.25, -0.2) is 4.98 Å². The van der Waals surface area contributed by atoms with Crippen molar-refractivity contribution in [2.45, 2.75) is 26.1 Å². The summed E-state index contributed by atoms with van der Waals surface area (Å²) in [5, 5.41) is 10.6. The standard InChI is InChI=1S/C22H22ClN5O2S/c1-13-20-25-26-21(22-24-17-7-5-15(23)10-19(17)31-22)28(20)9-8-27(13)12-14-4-6-16(29-2)11-18(14)30-3/h4-7,10-11,13H,8-9,12H2,1-3H3/t13-/m1/s1. The normalized spacial score (nSPS) is 16.5. The van der Waals surface area contributed by atoms with Gasteiger partial charge in [0, 0.05) is 36.3 Å². The van der Waals surface area contributed by atoms with E-state index in [1.165, 1.54) is 0 Å². The lowest BCUT2D eigenvalue weighted by Crippen LogP contribution is -2.36. The first-order valence-electron chi connectivity index (χ1n) is 10.0. The van der Waals surface area contributed by atoms with E-state index in [-0.39, 0.29) is 6.04 Å². The quantitative estimate of drug-likeness (QED) is 0.430. The van der Waals surface area contributed by atoms with Crippen molar-refractivity contribution < 1.29 is 9.47 Å². The monoisotopic (exact) mass is 455 g/mol. The highest BCUT2D eigenvalue weighted by molar-refractivity contribution is 7.21. The number of nitrogens with zero attached hydrogens (tertiary/aromatic N) is 5. The van der Waals surface area contributed by atoms with Crippen LogP contribution in [0.1, 0.15) is 24.4 Å². The lowest BCUT2D eigenvalue weighted by atomic mass is 10.1. The molecule has 31 heavy (non-hydrogen) atoms. The van der Waals surface area contributed by atoms with Gasteiger partial charge in [-0.05, 0) is 31.2 Å². The number of hydrogen-bond acceptors (Lipinski definition) is 7. The van der Waals surface area contributed by atoms with Gasteiger partial charge in [0.15, 0.2) is 16.7 Å². The third-order valence-corrected chi connectivity index (χ3v) is 6.97. The highest BCUT2D eigenvalue weighted by Gasteiger charge is 2.30. The zero-order chi connectivity index (χ0) is 21.5. The van der Waals surface area contributed by atoms with Crippen LogP contribution in [0.4, 0.5) is 0 Å². The number of benzene rings is 2. The lowest BCUT2D eigenvalue weighted by Gasteiger charge is -2.33. The van der Waals surface area contributed by atoms with Crippen LogP contribution in [-0.4, -0.2) is 45.4 Å². The second-order valence-electron chi connectivity index (χ2n) is 7.49. The van der Waals surface area contributed by atoms with Gasteiger partial charge in [0.25, 0.3) is 0 Å². The first-order valence-corrected chi connectivity index (χ1v) is 11.2. The van der Waals surface area contributed by atoms with Crippen LogP contribution in [0.15, 0.2) is 36.4 Å². The highest BCUT2D eigenvalue weighted by atomic mass is 35.5. The fourth-order valence-corrected chi connectivity index (χ4v) is 5.24. The average molecular weight is 456 g/mol. The van der Waals surface area contributed by atoms with Crippen molar-refractivity contribution in [3.05, 3.63) is 52.8 Å². The number of aromatic nitrogens is 4. The van der Waals surface area contributed by atoms with Crippen LogP contribution in [0.5, 0.6) is 11.5 Å². The third kappa shape index (κ3) is 3.64. The van der Waals surface area contributed by atoms with Crippen molar-refractivity contribution in [2.75, 3.05) is 20.8 Å². The molecule has 0 saturated heterocycles. The second-order valence-corrected chi connectivity index (χ2v) is 8.96. The Balaban J connectivity index is 1.42. The van der Waals surface area contributed by atoms with Crippen molar-refractivity contribution in [3.8, 4) is 22.3 Å². The summed E-state index contributed by atoms with van der Waals surface area (Å²) in [4.78, 5) is 7.13. The Bertz CT molecular complexity index is 1250. The summed E-state index contributed by atoms with van der Waals surface area (Å²) >= 11 is 7.73. The Kier molecular flexibility index (Phi) is 5.29. The summed E-state index contributed by atoms with van der Waals surface area (Å²) in [6.45, 7) is 4.61. The van der Waals surface area contributed by atoms with Gasteiger partial charge in [-0.15, -0.1) is 21.5 Å². The summed E-state index contributed by atoms with van der Waals surface area (Å²) in [6.07, 6.45) is 0. The minimum Gasteiger partial charge on any atom is -0.497 e. The molecule has 5 rings (SSSR count). The predicted octanol–water partition coefficient (Wildman–Crippen LogP) is 4.80. The molecule has 0 bridgehead atoms. The lowest BCUT2D eigenvalue weighted by molar-refractivity contribution is 0.155. The van der Waals surface area contributed by atoms with Gasteiger partial charge in [0.1, 0.15) is 11.5 Å². The van der Waals surface area contributed by atoms with Crippen molar-refractivity contribution >= 4 is 33.2 Å². The molecule has 3 heterocycles. The number of halogens is 1.